The minimum Gasteiger partial charge on any atom is -0.496 e. The van der Waals surface area contributed by atoms with Crippen molar-refractivity contribution in [3.8, 4) is 17.0 Å². The van der Waals surface area contributed by atoms with Gasteiger partial charge in [-0.15, -0.1) is 0 Å². The van der Waals surface area contributed by atoms with Crippen LogP contribution in [0.3, 0.4) is 0 Å². The normalized spacial score (nSPS) is 15.6. The van der Waals surface area contributed by atoms with E-state index in [0.717, 1.165) is 29.0 Å². The number of aromatic amines is 1. The number of aromatic nitrogens is 3. The zero-order valence-electron chi connectivity index (χ0n) is 16.5. The van der Waals surface area contributed by atoms with E-state index >= 15 is 0 Å². The molecule has 1 saturated carbocycles. The summed E-state index contributed by atoms with van der Waals surface area (Å²) in [6.45, 7) is 1.06. The van der Waals surface area contributed by atoms with Crippen molar-refractivity contribution in [1.29, 1.82) is 0 Å². The summed E-state index contributed by atoms with van der Waals surface area (Å²) < 4.78 is 5.39. The average Bonchev–Trinajstić information content (AvgIpc) is 3.37. The number of H-pyrrole nitrogens is 1. The van der Waals surface area contributed by atoms with Crippen LogP contribution in [0.15, 0.2) is 30.3 Å². The zero-order valence-corrected chi connectivity index (χ0v) is 17.3. The summed E-state index contributed by atoms with van der Waals surface area (Å²) in [5.74, 6) is 0.791. The van der Waals surface area contributed by atoms with Crippen LogP contribution in [-0.4, -0.2) is 45.6 Å². The second kappa shape index (κ2) is 7.56. The molecule has 5 rings (SSSR count). The number of hydrogen-bond acceptors (Lipinski definition) is 6. The van der Waals surface area contributed by atoms with Crippen LogP contribution in [-0.2, 0) is 17.8 Å². The van der Waals surface area contributed by atoms with Crippen molar-refractivity contribution in [3.05, 3.63) is 46.6 Å². The first-order valence-electron chi connectivity index (χ1n) is 9.90. The van der Waals surface area contributed by atoms with Gasteiger partial charge in [0.1, 0.15) is 11.4 Å². The van der Waals surface area contributed by atoms with Gasteiger partial charge in [0.25, 0.3) is 5.91 Å². The van der Waals surface area contributed by atoms with Gasteiger partial charge < -0.3 is 15.0 Å². The maximum absolute atomic E-state index is 13.0. The van der Waals surface area contributed by atoms with Crippen LogP contribution >= 0.6 is 11.3 Å². The molecule has 154 valence electrons. The highest BCUT2D eigenvalue weighted by Crippen LogP contribution is 2.33. The summed E-state index contributed by atoms with van der Waals surface area (Å²) in [6.07, 6.45) is 2.59. The van der Waals surface area contributed by atoms with Gasteiger partial charge in [0, 0.05) is 29.3 Å². The van der Waals surface area contributed by atoms with Crippen LogP contribution in [0.2, 0.25) is 0 Å². The van der Waals surface area contributed by atoms with Gasteiger partial charge in [0.15, 0.2) is 5.13 Å². The van der Waals surface area contributed by atoms with Gasteiger partial charge in [-0.2, -0.15) is 5.10 Å². The molecule has 1 fully saturated rings. The molecule has 0 unspecified atom stereocenters. The standard InChI is InChI=1S/C21H21N5O3S/c1-29-17-5-3-2-4-13(17)15-10-16(25-24-15)20(28)26-9-8-14-18(11-26)30-21(22-14)23-19(27)12-6-7-12/h2-5,10,12H,6-9,11H2,1H3,(H,24,25)(H,22,23,27). The smallest absolute Gasteiger partial charge is 0.272 e. The van der Waals surface area contributed by atoms with Gasteiger partial charge >= 0.3 is 0 Å². The van der Waals surface area contributed by atoms with E-state index < -0.39 is 0 Å². The monoisotopic (exact) mass is 423 g/mol. The predicted molar refractivity (Wildman–Crippen MR) is 112 cm³/mol. The van der Waals surface area contributed by atoms with Crippen molar-refractivity contribution in [2.45, 2.75) is 25.8 Å². The van der Waals surface area contributed by atoms with Crippen LogP contribution in [0.5, 0.6) is 5.75 Å². The minimum atomic E-state index is -0.105. The van der Waals surface area contributed by atoms with E-state index in [1.165, 1.54) is 11.3 Å². The van der Waals surface area contributed by atoms with Gasteiger partial charge in [-0.05, 0) is 31.0 Å². The number of ether oxygens (including phenoxy) is 1. The van der Waals surface area contributed by atoms with Crippen molar-refractivity contribution in [2.24, 2.45) is 5.92 Å². The number of benzene rings is 1. The van der Waals surface area contributed by atoms with E-state index in [1.54, 1.807) is 18.1 Å². The Hall–Kier alpha value is -3.20. The first kappa shape index (κ1) is 18.8. The molecule has 3 heterocycles. The molecule has 0 atom stereocenters. The molecule has 0 spiro atoms. The number of thiazole rings is 1. The molecule has 2 aromatic heterocycles. The molecule has 2 N–H and O–H groups in total. The molecule has 2 aliphatic rings. The Morgan fingerprint density at radius 1 is 1.30 bits per heavy atom. The van der Waals surface area contributed by atoms with Crippen LogP contribution in [0, 0.1) is 5.92 Å². The number of nitrogens with zero attached hydrogens (tertiary/aromatic N) is 3. The van der Waals surface area contributed by atoms with E-state index in [4.69, 9.17) is 4.74 Å². The first-order chi connectivity index (χ1) is 14.6. The third-order valence-corrected chi connectivity index (χ3v) is 6.39. The summed E-state index contributed by atoms with van der Waals surface area (Å²) in [5.41, 5.74) is 2.90. The Kier molecular flexibility index (Phi) is 4.74. The van der Waals surface area contributed by atoms with Gasteiger partial charge in [0.2, 0.25) is 5.91 Å². The summed E-state index contributed by atoms with van der Waals surface area (Å²) in [6, 6.07) is 9.32. The van der Waals surface area contributed by atoms with Crippen LogP contribution in [0.25, 0.3) is 11.3 Å². The SMILES string of the molecule is COc1ccccc1-c1cc(C(=O)N2CCc3nc(NC(=O)C4CC4)sc3C2)[nH]n1. The molecular formula is C21H21N5O3S. The molecule has 30 heavy (non-hydrogen) atoms. The number of hydrogen-bond donors (Lipinski definition) is 2. The van der Waals surface area contributed by atoms with E-state index in [2.05, 4.69) is 20.5 Å². The highest BCUT2D eigenvalue weighted by Gasteiger charge is 2.31. The van der Waals surface area contributed by atoms with E-state index in [1.807, 2.05) is 24.3 Å². The number of carbonyl (C=O) groups excluding carboxylic acids is 2. The Bertz CT molecular complexity index is 1120. The fourth-order valence-corrected chi connectivity index (χ4v) is 4.60. The lowest BCUT2D eigenvalue weighted by molar-refractivity contribution is -0.117. The van der Waals surface area contributed by atoms with Gasteiger partial charge in [-0.25, -0.2) is 4.98 Å². The molecule has 1 aliphatic heterocycles. The van der Waals surface area contributed by atoms with Crippen LogP contribution < -0.4 is 10.1 Å². The maximum atomic E-state index is 13.0. The van der Waals surface area contributed by atoms with E-state index in [9.17, 15) is 9.59 Å². The van der Waals surface area contributed by atoms with Crippen molar-refractivity contribution >= 4 is 28.3 Å². The summed E-state index contributed by atoms with van der Waals surface area (Å²) in [7, 11) is 1.61. The van der Waals surface area contributed by atoms with Crippen molar-refractivity contribution in [2.75, 3.05) is 19.0 Å². The third-order valence-electron chi connectivity index (χ3n) is 5.39. The Morgan fingerprint density at radius 3 is 2.93 bits per heavy atom. The number of fused-ring (bicyclic) bond motifs is 1. The van der Waals surface area contributed by atoms with E-state index in [0.29, 0.717) is 41.8 Å². The molecule has 0 saturated heterocycles. The maximum Gasteiger partial charge on any atom is 0.272 e. The number of methoxy groups -OCH3 is 1. The number of anilines is 1. The number of nitrogens with one attached hydrogen (secondary N) is 2. The minimum absolute atomic E-state index is 0.0513. The first-order valence-corrected chi connectivity index (χ1v) is 10.7. The van der Waals surface area contributed by atoms with Crippen molar-refractivity contribution in [3.63, 3.8) is 0 Å². The predicted octanol–water partition coefficient (Wildman–Crippen LogP) is 3.09. The molecule has 2 amide bonds. The number of carbonyl (C=O) groups is 2. The number of rotatable bonds is 5. The lowest BCUT2D eigenvalue weighted by Crippen LogP contribution is -2.35. The topological polar surface area (TPSA) is 100 Å². The number of amides is 2. The fraction of sp³-hybridized carbons (Fsp3) is 0.333. The summed E-state index contributed by atoms with van der Waals surface area (Å²) in [4.78, 5) is 32.4. The molecule has 3 aromatic rings. The largest absolute Gasteiger partial charge is 0.496 e. The summed E-state index contributed by atoms with van der Waals surface area (Å²) in [5, 5.41) is 10.7. The van der Waals surface area contributed by atoms with Crippen LogP contribution in [0.4, 0.5) is 5.13 Å². The third kappa shape index (κ3) is 3.56. The van der Waals surface area contributed by atoms with Crippen molar-refractivity contribution in [1.82, 2.24) is 20.1 Å². The molecular weight excluding hydrogens is 402 g/mol. The second-order valence-corrected chi connectivity index (χ2v) is 8.58. The Morgan fingerprint density at radius 2 is 2.13 bits per heavy atom. The lowest BCUT2D eigenvalue weighted by Gasteiger charge is -2.25. The quantitative estimate of drug-likeness (QED) is 0.657. The summed E-state index contributed by atoms with van der Waals surface area (Å²) >= 11 is 1.45. The molecule has 1 aliphatic carbocycles. The molecule has 1 aromatic carbocycles. The lowest BCUT2D eigenvalue weighted by atomic mass is 10.1. The Labute approximate surface area is 177 Å². The zero-order chi connectivity index (χ0) is 20.7. The van der Waals surface area contributed by atoms with Gasteiger partial charge in [0.05, 0.1) is 25.0 Å². The highest BCUT2D eigenvalue weighted by atomic mass is 32.1. The van der Waals surface area contributed by atoms with E-state index in [-0.39, 0.29) is 17.7 Å². The molecule has 8 nitrogen and oxygen atoms in total. The second-order valence-electron chi connectivity index (χ2n) is 7.50. The Balaban J connectivity index is 1.30. The van der Waals surface area contributed by atoms with Gasteiger partial charge in [-0.1, -0.05) is 23.5 Å². The highest BCUT2D eigenvalue weighted by molar-refractivity contribution is 7.15. The molecule has 0 bridgehead atoms. The average molecular weight is 423 g/mol. The number of para-hydroxylation sites is 1. The fourth-order valence-electron chi connectivity index (χ4n) is 3.57. The van der Waals surface area contributed by atoms with Crippen molar-refractivity contribution < 1.29 is 14.3 Å². The molecule has 0 radical (unpaired) electrons. The van der Waals surface area contributed by atoms with Gasteiger partial charge in [-0.3, -0.25) is 14.7 Å². The van der Waals surface area contributed by atoms with Crippen LogP contribution in [0.1, 0.15) is 33.9 Å². The molecule has 9 heteroatoms.